The van der Waals surface area contributed by atoms with Gasteiger partial charge in [0, 0.05) is 29.2 Å². The highest BCUT2D eigenvalue weighted by molar-refractivity contribution is 14.1. The van der Waals surface area contributed by atoms with Gasteiger partial charge in [-0.15, -0.1) is 0 Å². The number of amides is 1. The molecule has 1 unspecified atom stereocenters. The van der Waals surface area contributed by atoms with E-state index < -0.39 is 12.3 Å². The van der Waals surface area contributed by atoms with Gasteiger partial charge in [-0.1, -0.05) is 5.92 Å². The van der Waals surface area contributed by atoms with Crippen LogP contribution in [0.2, 0.25) is 0 Å². The Morgan fingerprint density at radius 1 is 1.50 bits per heavy atom. The molecule has 0 heterocycles. The summed E-state index contributed by atoms with van der Waals surface area (Å²) in [7, 11) is 0. The molecule has 0 aromatic carbocycles. The molecule has 0 rings (SSSR count). The molecule has 0 aliphatic rings. The fraction of sp³-hybridized carbons (Fsp3) is 0.700. The van der Waals surface area contributed by atoms with Crippen LogP contribution in [0.4, 0.5) is 4.79 Å². The minimum atomic E-state index is -1.03. The molecule has 0 saturated heterocycles. The fourth-order valence-corrected chi connectivity index (χ4v) is 1.10. The molecule has 16 heavy (non-hydrogen) atoms. The van der Waals surface area contributed by atoms with Crippen LogP contribution in [0.3, 0.4) is 0 Å². The Balaban J connectivity index is 4.36. The lowest BCUT2D eigenvalue weighted by Crippen LogP contribution is -2.43. The highest BCUT2D eigenvalue weighted by Crippen LogP contribution is 2.01. The van der Waals surface area contributed by atoms with Crippen molar-refractivity contribution in [3.8, 4) is 9.85 Å². The van der Waals surface area contributed by atoms with Crippen LogP contribution in [0.25, 0.3) is 0 Å². The molecule has 0 bridgehead atoms. The number of halogens is 1. The normalized spacial score (nSPS) is 11.2. The van der Waals surface area contributed by atoms with Gasteiger partial charge in [0.1, 0.15) is 0 Å². The molecular weight excluding hydrogens is 325 g/mol. The Morgan fingerprint density at radius 3 is 2.69 bits per heavy atom. The van der Waals surface area contributed by atoms with Gasteiger partial charge in [0.2, 0.25) is 0 Å². The van der Waals surface area contributed by atoms with E-state index in [2.05, 4.69) is 9.85 Å². The van der Waals surface area contributed by atoms with Crippen LogP contribution < -0.4 is 0 Å². The summed E-state index contributed by atoms with van der Waals surface area (Å²) in [4.78, 5) is 12.6. The van der Waals surface area contributed by atoms with Gasteiger partial charge in [-0.2, -0.15) is 0 Å². The molecule has 0 aromatic heterocycles. The molecule has 92 valence electrons. The van der Waals surface area contributed by atoms with Crippen molar-refractivity contribution in [2.24, 2.45) is 0 Å². The Bertz CT molecular complexity index is 261. The average molecular weight is 341 g/mol. The van der Waals surface area contributed by atoms with E-state index in [1.807, 2.05) is 29.5 Å². The number of rotatable bonds is 6. The van der Waals surface area contributed by atoms with Crippen LogP contribution >= 0.6 is 22.6 Å². The van der Waals surface area contributed by atoms with Crippen LogP contribution in [0.15, 0.2) is 0 Å². The Labute approximate surface area is 109 Å². The van der Waals surface area contributed by atoms with Crippen LogP contribution in [0.5, 0.6) is 0 Å². The number of ether oxygens (including phenoxy) is 2. The van der Waals surface area contributed by atoms with Crippen molar-refractivity contribution in [3.05, 3.63) is 0 Å². The van der Waals surface area contributed by atoms with Gasteiger partial charge in [0.15, 0.2) is 6.23 Å². The van der Waals surface area contributed by atoms with Gasteiger partial charge in [0.25, 0.3) is 0 Å². The fourth-order valence-electron chi connectivity index (χ4n) is 0.926. The molecule has 0 radical (unpaired) electrons. The standard InChI is InChI=1S/C10H16INO4/c1-3-15-8-9(13)12(7-5-6-11)10(14)16-4-2/h9,13H,3-4,7-8H2,1-2H3. The number of carbonyl (C=O) groups excluding carboxylic acids is 1. The van der Waals surface area contributed by atoms with Crippen molar-refractivity contribution in [1.29, 1.82) is 0 Å². The van der Waals surface area contributed by atoms with Crippen LogP contribution in [-0.2, 0) is 9.47 Å². The van der Waals surface area contributed by atoms with Gasteiger partial charge >= 0.3 is 6.09 Å². The molecule has 6 heteroatoms. The third-order valence-electron chi connectivity index (χ3n) is 1.65. The summed E-state index contributed by atoms with van der Waals surface area (Å²) in [5, 5.41) is 9.69. The lowest BCUT2D eigenvalue weighted by Gasteiger charge is -2.24. The van der Waals surface area contributed by atoms with E-state index in [9.17, 15) is 9.90 Å². The van der Waals surface area contributed by atoms with Crippen molar-refractivity contribution in [1.82, 2.24) is 4.90 Å². The van der Waals surface area contributed by atoms with Crippen LogP contribution in [0.1, 0.15) is 13.8 Å². The van der Waals surface area contributed by atoms with Gasteiger partial charge < -0.3 is 14.6 Å². The van der Waals surface area contributed by atoms with Gasteiger partial charge in [-0.05, 0) is 17.8 Å². The molecule has 0 aliphatic heterocycles. The molecule has 1 amide bonds. The zero-order valence-corrected chi connectivity index (χ0v) is 11.6. The van der Waals surface area contributed by atoms with Crippen molar-refractivity contribution in [2.45, 2.75) is 20.1 Å². The van der Waals surface area contributed by atoms with Crippen LogP contribution in [0, 0.1) is 9.85 Å². The summed E-state index contributed by atoms with van der Waals surface area (Å²) < 4.78 is 12.5. The van der Waals surface area contributed by atoms with Crippen molar-refractivity contribution >= 4 is 28.7 Å². The first kappa shape index (κ1) is 15.5. The maximum absolute atomic E-state index is 11.5. The molecule has 0 aliphatic carbocycles. The Hall–Kier alpha value is -0.520. The summed E-state index contributed by atoms with van der Waals surface area (Å²) in [6.45, 7) is 4.43. The Kier molecular flexibility index (Phi) is 9.37. The maximum atomic E-state index is 11.5. The van der Waals surface area contributed by atoms with Crippen molar-refractivity contribution < 1.29 is 19.4 Å². The minimum Gasteiger partial charge on any atom is -0.450 e. The summed E-state index contributed by atoms with van der Waals surface area (Å²) in [6, 6.07) is 0. The highest BCUT2D eigenvalue weighted by Gasteiger charge is 2.21. The predicted octanol–water partition coefficient (Wildman–Crippen LogP) is 1.20. The summed E-state index contributed by atoms with van der Waals surface area (Å²) in [6.07, 6.45) is -1.62. The predicted molar refractivity (Wildman–Crippen MR) is 68.0 cm³/mol. The largest absolute Gasteiger partial charge is 0.450 e. The number of carbonyl (C=O) groups is 1. The number of hydrogen-bond acceptors (Lipinski definition) is 4. The number of aliphatic hydroxyl groups excluding tert-OH is 1. The van der Waals surface area contributed by atoms with E-state index in [4.69, 9.17) is 9.47 Å². The van der Waals surface area contributed by atoms with E-state index in [1.54, 1.807) is 6.92 Å². The zero-order valence-electron chi connectivity index (χ0n) is 9.40. The third kappa shape index (κ3) is 6.15. The maximum Gasteiger partial charge on any atom is 0.412 e. The second kappa shape index (κ2) is 9.69. The SMILES string of the molecule is CCOCC(O)N(CC#CI)C(=O)OCC. The molecule has 1 atom stereocenters. The van der Waals surface area contributed by atoms with Crippen molar-refractivity contribution in [3.63, 3.8) is 0 Å². The molecule has 0 spiro atoms. The average Bonchev–Trinajstić information content (AvgIpc) is 2.27. The van der Waals surface area contributed by atoms with E-state index in [0.29, 0.717) is 6.61 Å². The van der Waals surface area contributed by atoms with Crippen molar-refractivity contribution in [2.75, 3.05) is 26.4 Å². The van der Waals surface area contributed by atoms with E-state index >= 15 is 0 Å². The van der Waals surface area contributed by atoms with Gasteiger partial charge in [-0.25, -0.2) is 4.79 Å². The smallest absolute Gasteiger partial charge is 0.412 e. The molecule has 1 N–H and O–H groups in total. The quantitative estimate of drug-likeness (QED) is 0.448. The topological polar surface area (TPSA) is 59.0 Å². The summed E-state index contributed by atoms with van der Waals surface area (Å²) in [5.41, 5.74) is 0. The highest BCUT2D eigenvalue weighted by atomic mass is 127. The van der Waals surface area contributed by atoms with E-state index in [-0.39, 0.29) is 19.8 Å². The second-order valence-electron chi connectivity index (χ2n) is 2.74. The number of hydrogen-bond donors (Lipinski definition) is 1. The lowest BCUT2D eigenvalue weighted by atomic mass is 10.4. The molecule has 5 nitrogen and oxygen atoms in total. The lowest BCUT2D eigenvalue weighted by molar-refractivity contribution is -0.0452. The number of aliphatic hydroxyl groups is 1. The number of nitrogens with zero attached hydrogens (tertiary/aromatic N) is 1. The first-order valence-corrected chi connectivity index (χ1v) is 6.02. The van der Waals surface area contributed by atoms with E-state index in [0.717, 1.165) is 4.90 Å². The second-order valence-corrected chi connectivity index (χ2v) is 3.28. The minimum absolute atomic E-state index is 0.0538. The molecule has 0 saturated carbocycles. The first-order chi connectivity index (χ1) is 7.67. The van der Waals surface area contributed by atoms with Crippen LogP contribution in [-0.4, -0.2) is 48.7 Å². The third-order valence-corrected chi connectivity index (χ3v) is 2.03. The zero-order chi connectivity index (χ0) is 12.4. The van der Waals surface area contributed by atoms with Gasteiger partial charge in [-0.3, -0.25) is 4.90 Å². The van der Waals surface area contributed by atoms with E-state index in [1.165, 1.54) is 0 Å². The van der Waals surface area contributed by atoms with Gasteiger partial charge in [0.05, 0.1) is 19.8 Å². The first-order valence-electron chi connectivity index (χ1n) is 4.95. The summed E-state index contributed by atoms with van der Waals surface area (Å²) >= 11 is 1.86. The summed E-state index contributed by atoms with van der Waals surface area (Å²) in [5.74, 6) is 2.69. The molecule has 0 fully saturated rings. The molecular formula is C10H16INO4. The Morgan fingerprint density at radius 2 is 2.19 bits per heavy atom. The molecule has 0 aromatic rings. The monoisotopic (exact) mass is 341 g/mol.